The van der Waals surface area contributed by atoms with E-state index in [-0.39, 0.29) is 24.4 Å². The second kappa shape index (κ2) is 5.85. The summed E-state index contributed by atoms with van der Waals surface area (Å²) in [6, 6.07) is 5.87. The third-order valence-corrected chi connectivity index (χ3v) is 3.42. The van der Waals surface area contributed by atoms with Crippen molar-refractivity contribution in [3.8, 4) is 0 Å². The summed E-state index contributed by atoms with van der Waals surface area (Å²) in [5.41, 5.74) is 7.58. The average Bonchev–Trinajstić information content (AvgIpc) is 2.64. The van der Waals surface area contributed by atoms with Crippen molar-refractivity contribution in [3.05, 3.63) is 33.8 Å². The van der Waals surface area contributed by atoms with Crippen molar-refractivity contribution in [1.82, 2.24) is 4.90 Å². The van der Waals surface area contributed by atoms with Gasteiger partial charge in [0.2, 0.25) is 0 Å². The number of likely N-dealkylation sites (tertiary alicyclic amines) is 1. The fourth-order valence-electron chi connectivity index (χ4n) is 2.01. The van der Waals surface area contributed by atoms with Gasteiger partial charge in [0.1, 0.15) is 0 Å². The molecule has 5 heteroatoms. The molecule has 1 aliphatic rings. The van der Waals surface area contributed by atoms with Gasteiger partial charge in [-0.3, -0.25) is 4.79 Å². The standard InChI is InChI=1S/C12H15BrN2O.ClH/c1-8-6-9(13)2-3-11(8)12(16)15-5-4-10(14)7-15;/h2-3,6,10H,4-5,7,14H2,1H3;1H. The van der Waals surface area contributed by atoms with E-state index in [9.17, 15) is 4.79 Å². The Morgan fingerprint density at radius 2 is 2.24 bits per heavy atom. The van der Waals surface area contributed by atoms with E-state index >= 15 is 0 Å². The Bertz CT molecular complexity index is 425. The predicted molar refractivity (Wildman–Crippen MR) is 74.6 cm³/mol. The van der Waals surface area contributed by atoms with Crippen molar-refractivity contribution < 1.29 is 4.79 Å². The number of hydrogen-bond donors (Lipinski definition) is 1. The Hall–Kier alpha value is -0.580. The minimum Gasteiger partial charge on any atom is -0.337 e. The molecule has 1 aromatic rings. The lowest BCUT2D eigenvalue weighted by molar-refractivity contribution is 0.0790. The topological polar surface area (TPSA) is 46.3 Å². The minimum absolute atomic E-state index is 0. The average molecular weight is 320 g/mol. The number of halogens is 2. The molecule has 1 amide bonds. The number of aryl methyl sites for hydroxylation is 1. The quantitative estimate of drug-likeness (QED) is 0.863. The molecule has 94 valence electrons. The van der Waals surface area contributed by atoms with Gasteiger partial charge < -0.3 is 10.6 Å². The van der Waals surface area contributed by atoms with Crippen LogP contribution >= 0.6 is 28.3 Å². The van der Waals surface area contributed by atoms with Crippen molar-refractivity contribution in [1.29, 1.82) is 0 Å². The van der Waals surface area contributed by atoms with Gasteiger partial charge in [0.15, 0.2) is 0 Å². The van der Waals surface area contributed by atoms with Gasteiger partial charge in [-0.15, -0.1) is 12.4 Å². The summed E-state index contributed by atoms with van der Waals surface area (Å²) in [6.45, 7) is 3.40. The maximum atomic E-state index is 12.2. The fraction of sp³-hybridized carbons (Fsp3) is 0.417. The first-order valence-corrected chi connectivity index (χ1v) is 6.18. The van der Waals surface area contributed by atoms with E-state index in [1.165, 1.54) is 0 Å². The van der Waals surface area contributed by atoms with E-state index in [2.05, 4.69) is 15.9 Å². The molecule has 0 aliphatic carbocycles. The van der Waals surface area contributed by atoms with Crippen LogP contribution in [0.5, 0.6) is 0 Å². The Kier molecular flexibility index (Phi) is 4.98. The summed E-state index contributed by atoms with van der Waals surface area (Å²) in [5.74, 6) is 0.0953. The highest BCUT2D eigenvalue weighted by molar-refractivity contribution is 9.10. The van der Waals surface area contributed by atoms with Gasteiger partial charge in [-0.2, -0.15) is 0 Å². The molecule has 0 bridgehead atoms. The lowest BCUT2D eigenvalue weighted by atomic mass is 10.1. The van der Waals surface area contributed by atoms with Crippen LogP contribution in [-0.4, -0.2) is 29.9 Å². The van der Waals surface area contributed by atoms with Gasteiger partial charge in [-0.05, 0) is 37.1 Å². The molecule has 2 N–H and O–H groups in total. The van der Waals surface area contributed by atoms with Crippen molar-refractivity contribution in [2.75, 3.05) is 13.1 Å². The van der Waals surface area contributed by atoms with Crippen molar-refractivity contribution in [2.24, 2.45) is 5.73 Å². The summed E-state index contributed by atoms with van der Waals surface area (Å²) in [7, 11) is 0. The first-order valence-electron chi connectivity index (χ1n) is 5.39. The lowest BCUT2D eigenvalue weighted by Gasteiger charge is -2.17. The molecule has 0 spiro atoms. The number of amides is 1. The minimum atomic E-state index is 0. The number of nitrogens with two attached hydrogens (primary N) is 1. The van der Waals surface area contributed by atoms with E-state index in [0.29, 0.717) is 6.54 Å². The first-order chi connectivity index (χ1) is 7.58. The van der Waals surface area contributed by atoms with Crippen molar-refractivity contribution in [3.63, 3.8) is 0 Å². The molecule has 1 atom stereocenters. The maximum Gasteiger partial charge on any atom is 0.254 e. The Morgan fingerprint density at radius 3 is 2.76 bits per heavy atom. The van der Waals surface area contributed by atoms with Crippen LogP contribution in [0.1, 0.15) is 22.3 Å². The molecule has 0 radical (unpaired) electrons. The highest BCUT2D eigenvalue weighted by Crippen LogP contribution is 2.19. The van der Waals surface area contributed by atoms with Gasteiger partial charge in [0, 0.05) is 29.2 Å². The van der Waals surface area contributed by atoms with Crippen LogP contribution in [0.3, 0.4) is 0 Å². The zero-order valence-corrected chi connectivity index (χ0v) is 12.1. The summed E-state index contributed by atoms with van der Waals surface area (Å²) >= 11 is 3.39. The largest absolute Gasteiger partial charge is 0.337 e. The Labute approximate surface area is 116 Å². The molecule has 1 aromatic carbocycles. The predicted octanol–water partition coefficient (Wildman–Crippen LogP) is 2.35. The second-order valence-corrected chi connectivity index (χ2v) is 5.17. The summed E-state index contributed by atoms with van der Waals surface area (Å²) in [4.78, 5) is 14.0. The second-order valence-electron chi connectivity index (χ2n) is 4.26. The number of hydrogen-bond acceptors (Lipinski definition) is 2. The highest BCUT2D eigenvalue weighted by atomic mass is 79.9. The van der Waals surface area contributed by atoms with Gasteiger partial charge in [0.25, 0.3) is 5.91 Å². The van der Waals surface area contributed by atoms with Gasteiger partial charge in [-0.25, -0.2) is 0 Å². The fourth-order valence-corrected chi connectivity index (χ4v) is 2.48. The smallest absolute Gasteiger partial charge is 0.254 e. The summed E-state index contributed by atoms with van der Waals surface area (Å²) in [6.07, 6.45) is 0.904. The summed E-state index contributed by atoms with van der Waals surface area (Å²) in [5, 5.41) is 0. The molecule has 3 nitrogen and oxygen atoms in total. The number of carbonyl (C=O) groups is 1. The number of nitrogens with zero attached hydrogens (tertiary/aromatic N) is 1. The third-order valence-electron chi connectivity index (χ3n) is 2.93. The molecule has 17 heavy (non-hydrogen) atoms. The molecule has 1 saturated heterocycles. The van der Waals surface area contributed by atoms with Gasteiger partial charge >= 0.3 is 0 Å². The lowest BCUT2D eigenvalue weighted by Crippen LogP contribution is -2.32. The molecule has 1 unspecified atom stereocenters. The van der Waals surface area contributed by atoms with E-state index in [1.807, 2.05) is 30.0 Å². The third kappa shape index (κ3) is 3.21. The van der Waals surface area contributed by atoms with Crippen LogP contribution in [0, 0.1) is 6.92 Å². The highest BCUT2D eigenvalue weighted by Gasteiger charge is 2.25. The van der Waals surface area contributed by atoms with Crippen LogP contribution < -0.4 is 5.73 Å². The van der Waals surface area contributed by atoms with Crippen LogP contribution in [0.25, 0.3) is 0 Å². The van der Waals surface area contributed by atoms with E-state index < -0.39 is 0 Å². The molecule has 1 aliphatic heterocycles. The number of carbonyl (C=O) groups excluding carboxylic acids is 1. The van der Waals surface area contributed by atoms with Crippen LogP contribution in [0.4, 0.5) is 0 Å². The zero-order valence-electron chi connectivity index (χ0n) is 9.65. The van der Waals surface area contributed by atoms with Crippen molar-refractivity contribution in [2.45, 2.75) is 19.4 Å². The number of benzene rings is 1. The first kappa shape index (κ1) is 14.5. The van der Waals surface area contributed by atoms with Gasteiger partial charge in [0.05, 0.1) is 0 Å². The molecule has 0 aromatic heterocycles. The molecular formula is C12H16BrClN2O. The zero-order chi connectivity index (χ0) is 11.7. The molecule has 1 fully saturated rings. The monoisotopic (exact) mass is 318 g/mol. The van der Waals surface area contributed by atoms with E-state index in [4.69, 9.17) is 5.73 Å². The van der Waals surface area contributed by atoms with Gasteiger partial charge in [-0.1, -0.05) is 15.9 Å². The van der Waals surface area contributed by atoms with Crippen LogP contribution in [0.15, 0.2) is 22.7 Å². The van der Waals surface area contributed by atoms with Crippen LogP contribution in [0.2, 0.25) is 0 Å². The Morgan fingerprint density at radius 1 is 1.53 bits per heavy atom. The molecular weight excluding hydrogens is 304 g/mol. The van der Waals surface area contributed by atoms with E-state index in [0.717, 1.165) is 28.6 Å². The molecule has 1 heterocycles. The van der Waals surface area contributed by atoms with Crippen LogP contribution in [-0.2, 0) is 0 Å². The molecule has 0 saturated carbocycles. The normalized spacial score (nSPS) is 19.0. The molecule has 2 rings (SSSR count). The summed E-state index contributed by atoms with van der Waals surface area (Å²) < 4.78 is 1.000. The maximum absolute atomic E-state index is 12.2. The van der Waals surface area contributed by atoms with E-state index in [1.54, 1.807) is 0 Å². The number of rotatable bonds is 1. The Balaban J connectivity index is 0.00000144. The SMILES string of the molecule is Cc1cc(Br)ccc1C(=O)N1CCC(N)C1.Cl. The van der Waals surface area contributed by atoms with Crippen molar-refractivity contribution >= 4 is 34.2 Å².